The minimum Gasteiger partial charge on any atom is -0.399 e. The third kappa shape index (κ3) is 1.17. The number of hydrogen-bond donors (Lipinski definition) is 2. The van der Waals surface area contributed by atoms with Gasteiger partial charge in [0, 0.05) is 16.2 Å². The molecule has 0 heterocycles. The highest BCUT2D eigenvalue weighted by Crippen LogP contribution is 2.45. The normalized spacial score (nSPS) is 19.2. The molecule has 1 aromatic rings. The monoisotopic (exact) mass is 182 g/mol. The van der Waals surface area contributed by atoms with E-state index in [2.05, 4.69) is 0 Å². The molecule has 0 aliphatic heterocycles. The Kier molecular flexibility index (Phi) is 1.56. The highest BCUT2D eigenvalue weighted by molar-refractivity contribution is 6.31. The summed E-state index contributed by atoms with van der Waals surface area (Å²) in [6, 6.07) is 5.46. The van der Waals surface area contributed by atoms with E-state index in [4.69, 9.17) is 23.1 Å². The summed E-state index contributed by atoms with van der Waals surface area (Å²) in [5.41, 5.74) is 13.2. The van der Waals surface area contributed by atoms with Gasteiger partial charge in [-0.1, -0.05) is 11.6 Å². The topological polar surface area (TPSA) is 52.0 Å². The first kappa shape index (κ1) is 7.90. The number of nitrogens with two attached hydrogens (primary N) is 2. The molecule has 12 heavy (non-hydrogen) atoms. The summed E-state index contributed by atoms with van der Waals surface area (Å²) < 4.78 is 0. The fraction of sp³-hybridized carbons (Fsp3) is 0.333. The second-order valence-electron chi connectivity index (χ2n) is 3.40. The molecule has 0 atom stereocenters. The molecule has 1 aromatic carbocycles. The van der Waals surface area contributed by atoms with Gasteiger partial charge in [0.1, 0.15) is 0 Å². The molecule has 0 amide bonds. The van der Waals surface area contributed by atoms with Crippen LogP contribution in [0.3, 0.4) is 0 Å². The minimum absolute atomic E-state index is 0.188. The summed E-state index contributed by atoms with van der Waals surface area (Å²) in [7, 11) is 0. The van der Waals surface area contributed by atoms with Crippen molar-refractivity contribution in [3.63, 3.8) is 0 Å². The molecule has 2 nitrogen and oxygen atoms in total. The van der Waals surface area contributed by atoms with E-state index >= 15 is 0 Å². The van der Waals surface area contributed by atoms with Gasteiger partial charge in [0.05, 0.1) is 0 Å². The number of benzene rings is 1. The number of anilines is 1. The summed E-state index contributed by atoms with van der Waals surface area (Å²) in [5, 5.41) is 0.726. The summed E-state index contributed by atoms with van der Waals surface area (Å²) in [6.45, 7) is 0. The van der Waals surface area contributed by atoms with E-state index in [1.165, 1.54) is 0 Å². The van der Waals surface area contributed by atoms with Crippen molar-refractivity contribution in [2.45, 2.75) is 18.4 Å². The van der Waals surface area contributed by atoms with Gasteiger partial charge in [-0.3, -0.25) is 0 Å². The number of nitrogen functional groups attached to an aromatic ring is 1. The maximum Gasteiger partial charge on any atom is 0.0458 e. The predicted octanol–water partition coefficient (Wildman–Crippen LogP) is 1.87. The zero-order chi connectivity index (χ0) is 8.77. The van der Waals surface area contributed by atoms with Crippen LogP contribution in [0.15, 0.2) is 18.2 Å². The summed E-state index contributed by atoms with van der Waals surface area (Å²) >= 11 is 5.99. The zero-order valence-electron chi connectivity index (χ0n) is 6.68. The van der Waals surface area contributed by atoms with Crippen LogP contribution in [-0.2, 0) is 5.54 Å². The molecule has 2 rings (SSSR count). The first-order valence-electron chi connectivity index (χ1n) is 3.96. The fourth-order valence-electron chi connectivity index (χ4n) is 1.33. The van der Waals surface area contributed by atoms with E-state index in [1.807, 2.05) is 6.07 Å². The standard InChI is InChI=1S/C9H11ClN2/c10-8-2-1-6(11)5-7(8)9(12)3-4-9/h1-2,5H,3-4,11-12H2. The average molecular weight is 183 g/mol. The Bertz CT molecular complexity index is 318. The van der Waals surface area contributed by atoms with E-state index < -0.39 is 0 Å². The van der Waals surface area contributed by atoms with Crippen LogP contribution in [0.1, 0.15) is 18.4 Å². The Morgan fingerprint density at radius 3 is 2.58 bits per heavy atom. The van der Waals surface area contributed by atoms with Gasteiger partial charge >= 0.3 is 0 Å². The van der Waals surface area contributed by atoms with Crippen LogP contribution in [0.2, 0.25) is 5.02 Å². The fourth-order valence-corrected chi connectivity index (χ4v) is 1.63. The van der Waals surface area contributed by atoms with E-state index in [-0.39, 0.29) is 5.54 Å². The van der Waals surface area contributed by atoms with Crippen LogP contribution in [0, 0.1) is 0 Å². The van der Waals surface area contributed by atoms with Gasteiger partial charge in [0.25, 0.3) is 0 Å². The maximum atomic E-state index is 6.00. The van der Waals surface area contributed by atoms with Crippen molar-refractivity contribution < 1.29 is 0 Å². The van der Waals surface area contributed by atoms with Gasteiger partial charge in [-0.05, 0) is 36.6 Å². The molecule has 0 bridgehead atoms. The molecule has 0 radical (unpaired) electrons. The molecule has 1 aliphatic carbocycles. The highest BCUT2D eigenvalue weighted by Gasteiger charge is 2.41. The lowest BCUT2D eigenvalue weighted by Gasteiger charge is -2.11. The van der Waals surface area contributed by atoms with Crippen molar-refractivity contribution in [2.75, 3.05) is 5.73 Å². The minimum atomic E-state index is -0.188. The van der Waals surface area contributed by atoms with Crippen LogP contribution >= 0.6 is 11.6 Å². The van der Waals surface area contributed by atoms with Gasteiger partial charge < -0.3 is 11.5 Å². The van der Waals surface area contributed by atoms with Crippen LogP contribution in [0.5, 0.6) is 0 Å². The molecule has 0 saturated heterocycles. The van der Waals surface area contributed by atoms with Crippen molar-refractivity contribution in [1.82, 2.24) is 0 Å². The van der Waals surface area contributed by atoms with E-state index in [1.54, 1.807) is 12.1 Å². The smallest absolute Gasteiger partial charge is 0.0458 e. The third-order valence-electron chi connectivity index (χ3n) is 2.32. The van der Waals surface area contributed by atoms with E-state index in [0.717, 1.165) is 29.1 Å². The highest BCUT2D eigenvalue weighted by atomic mass is 35.5. The summed E-state index contributed by atoms with van der Waals surface area (Å²) in [6.07, 6.45) is 2.02. The Balaban J connectivity index is 2.48. The van der Waals surface area contributed by atoms with Gasteiger partial charge in [-0.15, -0.1) is 0 Å². The van der Waals surface area contributed by atoms with Crippen molar-refractivity contribution in [3.8, 4) is 0 Å². The molecule has 3 heteroatoms. The molecular formula is C9H11ClN2. The third-order valence-corrected chi connectivity index (χ3v) is 2.65. The molecule has 0 aromatic heterocycles. The Morgan fingerprint density at radius 2 is 2.00 bits per heavy atom. The molecule has 0 unspecified atom stereocenters. The first-order valence-corrected chi connectivity index (χ1v) is 4.34. The van der Waals surface area contributed by atoms with Crippen molar-refractivity contribution in [2.24, 2.45) is 5.73 Å². The van der Waals surface area contributed by atoms with E-state index in [0.29, 0.717) is 0 Å². The predicted molar refractivity (Wildman–Crippen MR) is 51.0 cm³/mol. The zero-order valence-corrected chi connectivity index (χ0v) is 7.43. The van der Waals surface area contributed by atoms with Crippen LogP contribution in [0.4, 0.5) is 5.69 Å². The molecule has 0 spiro atoms. The Morgan fingerprint density at radius 1 is 1.33 bits per heavy atom. The maximum absolute atomic E-state index is 6.00. The van der Waals surface area contributed by atoms with Crippen LogP contribution in [0.25, 0.3) is 0 Å². The van der Waals surface area contributed by atoms with Crippen molar-refractivity contribution in [1.29, 1.82) is 0 Å². The Hall–Kier alpha value is -0.730. The first-order chi connectivity index (χ1) is 5.62. The lowest BCUT2D eigenvalue weighted by Crippen LogP contribution is -2.19. The van der Waals surface area contributed by atoms with E-state index in [9.17, 15) is 0 Å². The molecular weight excluding hydrogens is 172 g/mol. The molecule has 64 valence electrons. The van der Waals surface area contributed by atoms with Gasteiger partial charge in [-0.25, -0.2) is 0 Å². The van der Waals surface area contributed by atoms with Crippen molar-refractivity contribution >= 4 is 17.3 Å². The second kappa shape index (κ2) is 2.38. The lowest BCUT2D eigenvalue weighted by atomic mass is 10.1. The summed E-state index contributed by atoms with van der Waals surface area (Å²) in [5.74, 6) is 0. The van der Waals surface area contributed by atoms with Crippen LogP contribution < -0.4 is 11.5 Å². The number of halogens is 1. The van der Waals surface area contributed by atoms with Crippen LogP contribution in [-0.4, -0.2) is 0 Å². The van der Waals surface area contributed by atoms with Gasteiger partial charge in [0.15, 0.2) is 0 Å². The number of hydrogen-bond acceptors (Lipinski definition) is 2. The van der Waals surface area contributed by atoms with Gasteiger partial charge in [-0.2, -0.15) is 0 Å². The molecule has 4 N–H and O–H groups in total. The summed E-state index contributed by atoms with van der Waals surface area (Å²) in [4.78, 5) is 0. The molecule has 1 fully saturated rings. The second-order valence-corrected chi connectivity index (χ2v) is 3.80. The molecule has 1 aliphatic rings. The average Bonchev–Trinajstić information content (AvgIpc) is 2.75. The van der Waals surface area contributed by atoms with Crippen molar-refractivity contribution in [3.05, 3.63) is 28.8 Å². The molecule has 1 saturated carbocycles. The SMILES string of the molecule is Nc1ccc(Cl)c(C2(N)CC2)c1. The number of rotatable bonds is 1. The Labute approximate surface area is 76.5 Å². The van der Waals surface area contributed by atoms with Gasteiger partial charge in [0.2, 0.25) is 0 Å². The lowest BCUT2D eigenvalue weighted by molar-refractivity contribution is 0.741. The largest absolute Gasteiger partial charge is 0.399 e. The quantitative estimate of drug-likeness (QED) is 0.652.